The van der Waals surface area contributed by atoms with Crippen LogP contribution >= 0.6 is 22.7 Å². The average molecular weight is 377 g/mol. The smallest absolute Gasteiger partial charge is 0.341 e. The van der Waals surface area contributed by atoms with Crippen molar-refractivity contribution >= 4 is 51.7 Å². The maximum absolute atomic E-state index is 12.1. The number of methoxy groups -OCH3 is 1. The molecule has 2 aromatic rings. The number of aryl methyl sites for hydroxylation is 1. The van der Waals surface area contributed by atoms with Crippen molar-refractivity contribution < 1.29 is 19.1 Å². The number of hydrazone groups is 1. The molecule has 0 spiro atoms. The molecule has 2 amide bonds. The molecule has 0 fully saturated rings. The fourth-order valence-corrected chi connectivity index (χ4v) is 4.40. The molecule has 0 bridgehead atoms. The largest absolute Gasteiger partial charge is 0.465 e. The zero-order valence-electron chi connectivity index (χ0n) is 13.3. The van der Waals surface area contributed by atoms with E-state index in [1.54, 1.807) is 0 Å². The first-order valence-corrected chi connectivity index (χ1v) is 9.20. The van der Waals surface area contributed by atoms with Gasteiger partial charge in [-0.1, -0.05) is 6.07 Å². The van der Waals surface area contributed by atoms with Crippen molar-refractivity contribution in [3.63, 3.8) is 0 Å². The summed E-state index contributed by atoms with van der Waals surface area (Å²) in [4.78, 5) is 37.8. The first-order valence-electron chi connectivity index (χ1n) is 7.51. The van der Waals surface area contributed by atoms with Crippen molar-refractivity contribution in [1.29, 1.82) is 0 Å². The van der Waals surface area contributed by atoms with E-state index in [0.29, 0.717) is 10.6 Å². The van der Waals surface area contributed by atoms with Gasteiger partial charge in [0.1, 0.15) is 5.00 Å². The van der Waals surface area contributed by atoms with Crippen LogP contribution in [-0.4, -0.2) is 31.1 Å². The normalized spacial score (nSPS) is 12.8. The zero-order chi connectivity index (χ0) is 17.8. The van der Waals surface area contributed by atoms with E-state index in [4.69, 9.17) is 4.74 Å². The highest BCUT2D eigenvalue weighted by Gasteiger charge is 2.29. The molecule has 2 aromatic heterocycles. The van der Waals surface area contributed by atoms with Gasteiger partial charge in [-0.15, -0.1) is 22.7 Å². The molecular formula is C16H15N3O4S2. The van der Waals surface area contributed by atoms with Crippen molar-refractivity contribution in [1.82, 2.24) is 5.43 Å². The molecule has 2 N–H and O–H groups in total. The minimum absolute atomic E-state index is 0.346. The standard InChI is InChI=1S/C16H15N3O4S2/c1-23-16(22)12-10-5-2-6-11(10)25-15(12)18-13(20)14(21)19-17-8-9-4-3-7-24-9/h3-4,7-8H,2,5-6H2,1H3,(H,18,20)(H,19,21)/b17-8+. The molecule has 7 nitrogen and oxygen atoms in total. The predicted octanol–water partition coefficient (Wildman–Crippen LogP) is 2.17. The van der Waals surface area contributed by atoms with E-state index in [1.807, 2.05) is 17.5 Å². The third kappa shape index (κ3) is 3.77. The van der Waals surface area contributed by atoms with Gasteiger partial charge in [0.2, 0.25) is 0 Å². The summed E-state index contributed by atoms with van der Waals surface area (Å²) in [5.41, 5.74) is 3.42. The fraction of sp³-hybridized carbons (Fsp3) is 0.250. The number of rotatable bonds is 4. The van der Waals surface area contributed by atoms with Gasteiger partial charge < -0.3 is 10.1 Å². The van der Waals surface area contributed by atoms with E-state index >= 15 is 0 Å². The summed E-state index contributed by atoms with van der Waals surface area (Å²) in [6.07, 6.45) is 4.05. The van der Waals surface area contributed by atoms with E-state index < -0.39 is 17.8 Å². The van der Waals surface area contributed by atoms with Gasteiger partial charge in [-0.05, 0) is 36.3 Å². The van der Waals surface area contributed by atoms with E-state index in [-0.39, 0.29) is 0 Å². The monoisotopic (exact) mass is 377 g/mol. The Morgan fingerprint density at radius 3 is 2.84 bits per heavy atom. The van der Waals surface area contributed by atoms with Gasteiger partial charge >= 0.3 is 17.8 Å². The Hall–Kier alpha value is -2.52. The highest BCUT2D eigenvalue weighted by Crippen LogP contribution is 2.39. The SMILES string of the molecule is COC(=O)c1c(NC(=O)C(=O)N/N=C/c2cccs2)sc2c1CCC2. The van der Waals surface area contributed by atoms with Crippen LogP contribution < -0.4 is 10.7 Å². The number of anilines is 1. The van der Waals surface area contributed by atoms with Crippen molar-refractivity contribution in [3.05, 3.63) is 38.4 Å². The number of nitrogens with zero attached hydrogens (tertiary/aromatic N) is 1. The van der Waals surface area contributed by atoms with Gasteiger partial charge in [0.05, 0.1) is 18.9 Å². The van der Waals surface area contributed by atoms with Crippen molar-refractivity contribution in [2.45, 2.75) is 19.3 Å². The molecule has 130 valence electrons. The summed E-state index contributed by atoms with van der Waals surface area (Å²) in [7, 11) is 1.29. The predicted molar refractivity (Wildman–Crippen MR) is 96.4 cm³/mol. The molecule has 1 aliphatic rings. The second kappa shape index (κ2) is 7.58. The number of esters is 1. The van der Waals surface area contributed by atoms with Gasteiger partial charge in [-0.3, -0.25) is 9.59 Å². The molecule has 9 heteroatoms. The minimum Gasteiger partial charge on any atom is -0.465 e. The maximum Gasteiger partial charge on any atom is 0.341 e. The van der Waals surface area contributed by atoms with Gasteiger partial charge in [0, 0.05) is 9.75 Å². The number of fused-ring (bicyclic) bond motifs is 1. The zero-order valence-corrected chi connectivity index (χ0v) is 15.0. The first kappa shape index (κ1) is 17.3. The summed E-state index contributed by atoms with van der Waals surface area (Å²) < 4.78 is 4.80. The van der Waals surface area contributed by atoms with E-state index in [2.05, 4.69) is 15.8 Å². The second-order valence-corrected chi connectivity index (χ2v) is 7.31. The van der Waals surface area contributed by atoms with Crippen molar-refractivity contribution in [3.8, 4) is 0 Å². The molecule has 1 aliphatic carbocycles. The maximum atomic E-state index is 12.1. The highest BCUT2D eigenvalue weighted by molar-refractivity contribution is 7.17. The molecule has 0 aromatic carbocycles. The molecule has 0 saturated heterocycles. The Morgan fingerprint density at radius 1 is 1.28 bits per heavy atom. The van der Waals surface area contributed by atoms with Gasteiger partial charge in [-0.25, -0.2) is 10.2 Å². The second-order valence-electron chi connectivity index (χ2n) is 5.22. The first-order chi connectivity index (χ1) is 12.1. The van der Waals surface area contributed by atoms with Crippen LogP contribution in [0.25, 0.3) is 0 Å². The molecular weight excluding hydrogens is 362 g/mol. The topological polar surface area (TPSA) is 96.9 Å². The molecule has 2 heterocycles. The number of amides is 2. The van der Waals surface area contributed by atoms with Crippen molar-refractivity contribution in [2.24, 2.45) is 5.10 Å². The molecule has 25 heavy (non-hydrogen) atoms. The van der Waals surface area contributed by atoms with Crippen LogP contribution in [0.2, 0.25) is 0 Å². The van der Waals surface area contributed by atoms with Crippen LogP contribution in [0.15, 0.2) is 22.6 Å². The lowest BCUT2D eigenvalue weighted by Gasteiger charge is -2.06. The summed E-state index contributed by atoms with van der Waals surface area (Å²) in [6.45, 7) is 0. The Morgan fingerprint density at radius 2 is 2.12 bits per heavy atom. The Bertz CT molecular complexity index is 840. The summed E-state index contributed by atoms with van der Waals surface area (Å²) in [5.74, 6) is -2.29. The van der Waals surface area contributed by atoms with Gasteiger partial charge in [0.25, 0.3) is 0 Å². The van der Waals surface area contributed by atoms with Crippen LogP contribution in [0.4, 0.5) is 5.00 Å². The molecule has 0 radical (unpaired) electrons. The third-order valence-corrected chi connectivity index (χ3v) is 5.66. The fourth-order valence-electron chi connectivity index (χ4n) is 2.54. The number of hydrogen-bond acceptors (Lipinski definition) is 7. The number of nitrogens with one attached hydrogen (secondary N) is 2. The quantitative estimate of drug-likeness (QED) is 0.369. The Kier molecular flexibility index (Phi) is 5.25. The summed E-state index contributed by atoms with van der Waals surface area (Å²) in [6, 6.07) is 3.68. The van der Waals surface area contributed by atoms with Crippen LogP contribution in [0.5, 0.6) is 0 Å². The lowest BCUT2D eigenvalue weighted by atomic mass is 10.1. The molecule has 0 unspecified atom stereocenters. The van der Waals surface area contributed by atoms with E-state index in [1.165, 1.54) is 36.0 Å². The number of carbonyl (C=O) groups is 3. The van der Waals surface area contributed by atoms with Gasteiger partial charge in [-0.2, -0.15) is 5.10 Å². The summed E-state index contributed by atoms with van der Waals surface area (Å²) in [5, 5.41) is 8.45. The lowest BCUT2D eigenvalue weighted by molar-refractivity contribution is -0.136. The minimum atomic E-state index is -0.905. The number of carbonyl (C=O) groups excluding carboxylic acids is 3. The Labute approximate surface area is 151 Å². The van der Waals surface area contributed by atoms with Crippen LogP contribution in [0.3, 0.4) is 0 Å². The third-order valence-electron chi connectivity index (χ3n) is 3.65. The van der Waals surface area contributed by atoms with Crippen LogP contribution in [0, 0.1) is 0 Å². The Balaban J connectivity index is 1.68. The lowest BCUT2D eigenvalue weighted by Crippen LogP contribution is -2.32. The average Bonchev–Trinajstić information content (AvgIpc) is 3.31. The molecule has 0 saturated carbocycles. The number of thiophene rings is 2. The number of hydrogen-bond donors (Lipinski definition) is 2. The molecule has 3 rings (SSSR count). The van der Waals surface area contributed by atoms with Crippen molar-refractivity contribution in [2.75, 3.05) is 12.4 Å². The highest BCUT2D eigenvalue weighted by atomic mass is 32.1. The van der Waals surface area contributed by atoms with Gasteiger partial charge in [0.15, 0.2) is 0 Å². The van der Waals surface area contributed by atoms with E-state index in [9.17, 15) is 14.4 Å². The van der Waals surface area contributed by atoms with Crippen LogP contribution in [-0.2, 0) is 27.2 Å². The summed E-state index contributed by atoms with van der Waals surface area (Å²) >= 11 is 2.77. The molecule has 0 aliphatic heterocycles. The molecule has 0 atom stereocenters. The number of ether oxygens (including phenoxy) is 1. The van der Waals surface area contributed by atoms with E-state index in [0.717, 1.165) is 34.6 Å². The van der Waals surface area contributed by atoms with Crippen LogP contribution in [0.1, 0.15) is 32.1 Å².